The molecule has 1 unspecified atom stereocenters. The molecule has 1 fully saturated rings. The van der Waals surface area contributed by atoms with Crippen molar-refractivity contribution in [2.75, 3.05) is 6.61 Å². The molecular formula is C18H27NO7. The van der Waals surface area contributed by atoms with Crippen LogP contribution >= 0.6 is 0 Å². The maximum Gasteiger partial charge on any atom is 0.324 e. The number of carbonyl (C=O) groups excluding carboxylic acids is 1. The number of aliphatic hydroxyl groups is 4. The molecule has 8 nitrogen and oxygen atoms in total. The summed E-state index contributed by atoms with van der Waals surface area (Å²) in [7, 11) is 0. The topological polar surface area (TPSA) is 142 Å². The van der Waals surface area contributed by atoms with Gasteiger partial charge in [0, 0.05) is 6.42 Å². The fraction of sp³-hybridized carbons (Fsp3) is 0.611. The quantitative estimate of drug-likeness (QED) is 0.389. The van der Waals surface area contributed by atoms with Crippen LogP contribution in [0.5, 0.6) is 0 Å². The highest BCUT2D eigenvalue weighted by atomic mass is 16.7. The molecule has 0 aromatic heterocycles. The second-order valence-corrected chi connectivity index (χ2v) is 6.59. The number of ether oxygens (including phenoxy) is 1. The van der Waals surface area contributed by atoms with Gasteiger partial charge in [0.05, 0.1) is 12.7 Å². The Labute approximate surface area is 152 Å². The zero-order chi connectivity index (χ0) is 19.1. The van der Waals surface area contributed by atoms with Crippen molar-refractivity contribution in [1.29, 1.82) is 0 Å². The fourth-order valence-corrected chi connectivity index (χ4v) is 3.35. The third-order valence-corrected chi connectivity index (χ3v) is 4.84. The molecule has 1 aromatic rings. The van der Waals surface area contributed by atoms with E-state index < -0.39 is 43.1 Å². The first-order chi connectivity index (χ1) is 12.5. The molecule has 1 saturated heterocycles. The van der Waals surface area contributed by atoms with Gasteiger partial charge in [-0.3, -0.25) is 4.79 Å². The van der Waals surface area contributed by atoms with Gasteiger partial charge in [-0.2, -0.15) is 5.90 Å². The van der Waals surface area contributed by atoms with E-state index in [1.165, 1.54) is 0 Å². The molecule has 1 aliphatic heterocycles. The summed E-state index contributed by atoms with van der Waals surface area (Å²) < 4.78 is 5.61. The molecule has 2 rings (SSSR count). The predicted molar refractivity (Wildman–Crippen MR) is 91.7 cm³/mol. The highest BCUT2D eigenvalue weighted by Crippen LogP contribution is 2.32. The van der Waals surface area contributed by atoms with Gasteiger partial charge in [0.1, 0.15) is 24.4 Å². The summed E-state index contributed by atoms with van der Waals surface area (Å²) in [4.78, 5) is 15.4. The molecule has 6 N–H and O–H groups in total. The van der Waals surface area contributed by atoms with Gasteiger partial charge >= 0.3 is 5.97 Å². The van der Waals surface area contributed by atoms with E-state index in [-0.39, 0.29) is 12.3 Å². The molecule has 0 spiro atoms. The summed E-state index contributed by atoms with van der Waals surface area (Å²) in [6, 6.07) is 9.56. The monoisotopic (exact) mass is 369 g/mol. The number of hydrogen-bond donors (Lipinski definition) is 5. The van der Waals surface area contributed by atoms with Gasteiger partial charge in [-0.15, -0.1) is 0 Å². The first-order valence-electron chi connectivity index (χ1n) is 8.73. The lowest BCUT2D eigenvalue weighted by molar-refractivity contribution is -0.231. The predicted octanol–water partition coefficient (Wildman–Crippen LogP) is -0.410. The Morgan fingerprint density at radius 1 is 1.12 bits per heavy atom. The van der Waals surface area contributed by atoms with Crippen LogP contribution in [0.25, 0.3) is 0 Å². The fourth-order valence-electron chi connectivity index (χ4n) is 3.35. The second-order valence-electron chi connectivity index (χ2n) is 6.59. The van der Waals surface area contributed by atoms with Crippen LogP contribution in [0.15, 0.2) is 30.3 Å². The van der Waals surface area contributed by atoms with E-state index in [0.717, 1.165) is 5.56 Å². The minimum absolute atomic E-state index is 0.0526. The van der Waals surface area contributed by atoms with Gasteiger partial charge in [0.15, 0.2) is 0 Å². The summed E-state index contributed by atoms with van der Waals surface area (Å²) in [6.07, 6.45) is -4.03. The molecule has 0 radical (unpaired) electrons. The zero-order valence-corrected chi connectivity index (χ0v) is 14.5. The van der Waals surface area contributed by atoms with Gasteiger partial charge in [-0.1, -0.05) is 30.3 Å². The van der Waals surface area contributed by atoms with Gasteiger partial charge in [0.25, 0.3) is 0 Å². The highest BCUT2D eigenvalue weighted by Gasteiger charge is 2.43. The van der Waals surface area contributed by atoms with E-state index in [1.54, 1.807) is 0 Å². The standard InChI is InChI=1S/C18H27NO7/c19-26-15(21)8-4-7-12(11-5-2-1-3-6-11)9-13-16(22)18(24)17(23)14(10-20)25-13/h1-3,5-6,12-14,16-18,20,22-24H,4,7-10,19H2/t12?,13-,14+,16-,17+,18+/m0/s1. The lowest BCUT2D eigenvalue weighted by Crippen LogP contribution is -2.58. The number of aliphatic hydroxyl groups excluding tert-OH is 4. The SMILES string of the molecule is NOC(=O)CCCC(C[C@@H]1O[C@H](CO)[C@@H](O)[C@H](O)[C@H]1O)c1ccccc1. The molecule has 146 valence electrons. The van der Waals surface area contributed by atoms with Crippen molar-refractivity contribution in [3.05, 3.63) is 35.9 Å². The maximum atomic E-state index is 11.2. The molecule has 1 aliphatic rings. The summed E-state index contributed by atoms with van der Waals surface area (Å²) in [5, 5.41) is 39.4. The third kappa shape index (κ3) is 5.23. The van der Waals surface area contributed by atoms with E-state index in [4.69, 9.17) is 10.6 Å². The number of nitrogens with two attached hydrogens (primary N) is 1. The van der Waals surface area contributed by atoms with Crippen LogP contribution in [0.2, 0.25) is 0 Å². The van der Waals surface area contributed by atoms with E-state index in [0.29, 0.717) is 19.3 Å². The minimum Gasteiger partial charge on any atom is -0.394 e. The Bertz CT molecular complexity index is 554. The smallest absolute Gasteiger partial charge is 0.324 e. The lowest BCUT2D eigenvalue weighted by atomic mass is 9.84. The Morgan fingerprint density at radius 3 is 2.38 bits per heavy atom. The van der Waals surface area contributed by atoms with Gasteiger partial charge in [0.2, 0.25) is 0 Å². The second kappa shape index (κ2) is 9.96. The summed E-state index contributed by atoms with van der Waals surface area (Å²) >= 11 is 0. The number of hydrogen-bond acceptors (Lipinski definition) is 8. The maximum absolute atomic E-state index is 11.2. The van der Waals surface area contributed by atoms with E-state index in [1.807, 2.05) is 30.3 Å². The molecule has 8 heteroatoms. The van der Waals surface area contributed by atoms with Crippen LogP contribution in [-0.4, -0.2) is 63.5 Å². The summed E-state index contributed by atoms with van der Waals surface area (Å²) in [6.45, 7) is -0.459. The molecule has 26 heavy (non-hydrogen) atoms. The molecule has 1 heterocycles. The van der Waals surface area contributed by atoms with Gasteiger partial charge < -0.3 is 30.0 Å². The molecule has 0 amide bonds. The third-order valence-electron chi connectivity index (χ3n) is 4.84. The van der Waals surface area contributed by atoms with Crippen molar-refractivity contribution >= 4 is 5.97 Å². The van der Waals surface area contributed by atoms with Gasteiger partial charge in [-0.25, -0.2) is 0 Å². The van der Waals surface area contributed by atoms with Crippen molar-refractivity contribution in [1.82, 2.24) is 0 Å². The highest BCUT2D eigenvalue weighted by molar-refractivity contribution is 5.68. The van der Waals surface area contributed by atoms with Crippen molar-refractivity contribution in [3.63, 3.8) is 0 Å². The average Bonchev–Trinajstić information content (AvgIpc) is 2.67. The van der Waals surface area contributed by atoms with Crippen LogP contribution in [-0.2, 0) is 14.4 Å². The van der Waals surface area contributed by atoms with Crippen molar-refractivity contribution in [2.45, 2.75) is 62.1 Å². The number of benzene rings is 1. The van der Waals surface area contributed by atoms with Gasteiger partial charge in [-0.05, 0) is 30.7 Å². The number of carbonyl (C=O) groups is 1. The minimum atomic E-state index is -1.39. The van der Waals surface area contributed by atoms with E-state index >= 15 is 0 Å². The van der Waals surface area contributed by atoms with Crippen LogP contribution in [0.1, 0.15) is 37.2 Å². The largest absolute Gasteiger partial charge is 0.394 e. The average molecular weight is 369 g/mol. The number of rotatable bonds is 8. The van der Waals surface area contributed by atoms with Crippen molar-refractivity contribution < 1.29 is 34.8 Å². The summed E-state index contributed by atoms with van der Waals surface area (Å²) in [5.74, 6) is 4.30. The molecule has 0 bridgehead atoms. The zero-order valence-electron chi connectivity index (χ0n) is 14.5. The van der Waals surface area contributed by atoms with Crippen LogP contribution < -0.4 is 5.90 Å². The van der Waals surface area contributed by atoms with E-state index in [2.05, 4.69) is 4.84 Å². The van der Waals surface area contributed by atoms with Crippen LogP contribution in [0.3, 0.4) is 0 Å². The Morgan fingerprint density at radius 2 is 1.77 bits per heavy atom. The Balaban J connectivity index is 2.08. The first-order valence-corrected chi connectivity index (χ1v) is 8.73. The van der Waals surface area contributed by atoms with Crippen molar-refractivity contribution in [2.24, 2.45) is 5.90 Å². The van der Waals surface area contributed by atoms with Crippen LogP contribution in [0.4, 0.5) is 0 Å². The Hall–Kier alpha value is -1.55. The molecule has 1 aromatic carbocycles. The van der Waals surface area contributed by atoms with Crippen molar-refractivity contribution in [3.8, 4) is 0 Å². The normalized spacial score (nSPS) is 30.0. The summed E-state index contributed by atoms with van der Waals surface area (Å²) in [5.41, 5.74) is 1.01. The lowest BCUT2D eigenvalue weighted by Gasteiger charge is -2.41. The molecular weight excluding hydrogens is 342 g/mol. The van der Waals surface area contributed by atoms with Crippen LogP contribution in [0, 0.1) is 0 Å². The molecule has 0 aliphatic carbocycles. The van der Waals surface area contributed by atoms with E-state index in [9.17, 15) is 25.2 Å². The molecule has 0 saturated carbocycles. The first kappa shape index (κ1) is 20.8. The Kier molecular flexibility index (Phi) is 7.95. The molecule has 6 atom stereocenters.